The number of ketones is 1. The number of carbonyl (C=O) groups excluding carboxylic acids is 3. The van der Waals surface area contributed by atoms with Crippen LogP contribution in [0.15, 0.2) is 12.1 Å². The second-order valence-electron chi connectivity index (χ2n) is 4.60. The first kappa shape index (κ1) is 11.0. The van der Waals surface area contributed by atoms with Gasteiger partial charge < -0.3 is 10.2 Å². The van der Waals surface area contributed by atoms with Crippen LogP contribution in [0.2, 0.25) is 0 Å². The molecule has 0 saturated carbocycles. The zero-order valence-electron chi connectivity index (χ0n) is 9.95. The first-order chi connectivity index (χ1) is 8.58. The number of rotatable bonds is 0. The maximum Gasteiger partial charge on any atom is 0.296 e. The summed E-state index contributed by atoms with van der Waals surface area (Å²) in [7, 11) is 0. The standard InChI is InChI=1S/C13H12N2O3/c1-7(16)15-5-4-9-8(6-15)2-3-10-11(9)14-13(18)12(10)17/h2-3H,4-6H2,1H3,(H,14,17,18). The minimum atomic E-state index is -0.563. The highest BCUT2D eigenvalue weighted by molar-refractivity contribution is 6.51. The van der Waals surface area contributed by atoms with E-state index >= 15 is 0 Å². The minimum Gasteiger partial charge on any atom is -0.338 e. The molecule has 92 valence electrons. The highest BCUT2D eigenvalue weighted by atomic mass is 16.2. The SMILES string of the molecule is CC(=O)N1CCc2c(ccc3c2NC(=O)C3=O)C1. The van der Waals surface area contributed by atoms with Gasteiger partial charge in [0.05, 0.1) is 11.3 Å². The summed E-state index contributed by atoms with van der Waals surface area (Å²) in [5.74, 6) is -0.990. The molecule has 0 bridgehead atoms. The molecule has 0 fully saturated rings. The van der Waals surface area contributed by atoms with Gasteiger partial charge in [0.1, 0.15) is 0 Å². The maximum absolute atomic E-state index is 11.6. The number of nitrogens with one attached hydrogen (secondary N) is 1. The first-order valence-corrected chi connectivity index (χ1v) is 5.84. The van der Waals surface area contributed by atoms with Crippen LogP contribution in [0.4, 0.5) is 5.69 Å². The van der Waals surface area contributed by atoms with Crippen LogP contribution in [0.1, 0.15) is 28.4 Å². The van der Waals surface area contributed by atoms with Crippen molar-refractivity contribution in [3.63, 3.8) is 0 Å². The van der Waals surface area contributed by atoms with Crippen LogP contribution < -0.4 is 5.32 Å². The highest BCUT2D eigenvalue weighted by Gasteiger charge is 2.32. The number of carbonyl (C=O) groups is 3. The Morgan fingerprint density at radius 2 is 2.11 bits per heavy atom. The number of anilines is 1. The van der Waals surface area contributed by atoms with Gasteiger partial charge in [-0.1, -0.05) is 6.07 Å². The molecule has 0 aromatic heterocycles. The summed E-state index contributed by atoms with van der Waals surface area (Å²) in [6.45, 7) is 2.72. The quantitative estimate of drug-likeness (QED) is 0.684. The van der Waals surface area contributed by atoms with E-state index in [1.165, 1.54) is 0 Å². The van der Waals surface area contributed by atoms with E-state index in [0.29, 0.717) is 30.8 Å². The summed E-state index contributed by atoms with van der Waals surface area (Å²) >= 11 is 0. The Morgan fingerprint density at radius 1 is 1.33 bits per heavy atom. The van der Waals surface area contributed by atoms with E-state index in [1.807, 2.05) is 6.07 Å². The summed E-state index contributed by atoms with van der Waals surface area (Å²) in [6.07, 6.45) is 0.672. The largest absolute Gasteiger partial charge is 0.338 e. The molecule has 2 amide bonds. The number of benzene rings is 1. The molecular formula is C13H12N2O3. The number of nitrogens with zero attached hydrogens (tertiary/aromatic N) is 1. The maximum atomic E-state index is 11.6. The van der Waals surface area contributed by atoms with Crippen molar-refractivity contribution in [2.45, 2.75) is 19.9 Å². The van der Waals surface area contributed by atoms with Gasteiger partial charge in [0.15, 0.2) is 0 Å². The van der Waals surface area contributed by atoms with Crippen LogP contribution in [-0.4, -0.2) is 29.0 Å². The molecule has 0 radical (unpaired) electrons. The van der Waals surface area contributed by atoms with Crippen molar-refractivity contribution in [3.8, 4) is 0 Å². The second kappa shape index (κ2) is 3.66. The Hall–Kier alpha value is -2.17. The Bertz CT molecular complexity index is 592. The molecule has 5 nitrogen and oxygen atoms in total. The average Bonchev–Trinajstić information content (AvgIpc) is 2.65. The molecule has 2 heterocycles. The fourth-order valence-corrected chi connectivity index (χ4v) is 2.55. The van der Waals surface area contributed by atoms with E-state index in [2.05, 4.69) is 5.32 Å². The summed E-state index contributed by atoms with van der Waals surface area (Å²) < 4.78 is 0. The Balaban J connectivity index is 2.05. The number of hydrogen-bond acceptors (Lipinski definition) is 3. The summed E-state index contributed by atoms with van der Waals surface area (Å²) in [5.41, 5.74) is 3.09. The molecule has 0 aliphatic carbocycles. The van der Waals surface area contributed by atoms with Crippen molar-refractivity contribution >= 4 is 23.3 Å². The van der Waals surface area contributed by atoms with Gasteiger partial charge in [0.25, 0.3) is 11.7 Å². The smallest absolute Gasteiger partial charge is 0.296 e. The van der Waals surface area contributed by atoms with Crippen LogP contribution in [-0.2, 0) is 22.6 Å². The van der Waals surface area contributed by atoms with Gasteiger partial charge in [-0.3, -0.25) is 14.4 Å². The Kier molecular flexibility index (Phi) is 2.23. The van der Waals surface area contributed by atoms with E-state index in [4.69, 9.17) is 0 Å². The van der Waals surface area contributed by atoms with Gasteiger partial charge in [-0.05, 0) is 23.6 Å². The number of Topliss-reactive ketones (excluding diaryl/α,β-unsaturated/α-hetero) is 1. The Labute approximate surface area is 104 Å². The lowest BCUT2D eigenvalue weighted by molar-refractivity contribution is -0.129. The summed E-state index contributed by atoms with van der Waals surface area (Å²) in [6, 6.07) is 3.50. The number of fused-ring (bicyclic) bond motifs is 3. The minimum absolute atomic E-state index is 0.0428. The number of hydrogen-bond donors (Lipinski definition) is 1. The molecule has 1 aromatic carbocycles. The third kappa shape index (κ3) is 1.44. The Morgan fingerprint density at radius 3 is 2.83 bits per heavy atom. The molecule has 0 atom stereocenters. The predicted octanol–water partition coefficient (Wildman–Crippen LogP) is 0.726. The summed E-state index contributed by atoms with van der Waals surface area (Å²) in [5, 5.41) is 2.63. The van der Waals surface area contributed by atoms with Gasteiger partial charge in [0, 0.05) is 20.0 Å². The molecule has 2 aliphatic heterocycles. The topological polar surface area (TPSA) is 66.5 Å². The lowest BCUT2D eigenvalue weighted by atomic mass is 9.95. The van der Waals surface area contributed by atoms with Crippen molar-refractivity contribution < 1.29 is 14.4 Å². The predicted molar refractivity (Wildman–Crippen MR) is 64.2 cm³/mol. The molecule has 0 unspecified atom stereocenters. The van der Waals surface area contributed by atoms with Gasteiger partial charge in [-0.25, -0.2) is 0 Å². The zero-order chi connectivity index (χ0) is 12.9. The lowest BCUT2D eigenvalue weighted by Crippen LogP contribution is -2.34. The average molecular weight is 244 g/mol. The van der Waals surface area contributed by atoms with Crippen molar-refractivity contribution in [3.05, 3.63) is 28.8 Å². The van der Waals surface area contributed by atoms with Crippen LogP contribution in [0, 0.1) is 0 Å². The van der Waals surface area contributed by atoms with E-state index in [9.17, 15) is 14.4 Å². The van der Waals surface area contributed by atoms with E-state index in [0.717, 1.165) is 11.1 Å². The van der Waals surface area contributed by atoms with Gasteiger partial charge in [0.2, 0.25) is 5.91 Å². The van der Waals surface area contributed by atoms with Crippen LogP contribution >= 0.6 is 0 Å². The fourth-order valence-electron chi connectivity index (χ4n) is 2.55. The molecule has 0 saturated heterocycles. The molecule has 0 spiro atoms. The third-order valence-corrected chi connectivity index (χ3v) is 3.54. The van der Waals surface area contributed by atoms with Gasteiger partial charge in [-0.2, -0.15) is 0 Å². The van der Waals surface area contributed by atoms with Crippen molar-refractivity contribution in [2.24, 2.45) is 0 Å². The fraction of sp³-hybridized carbons (Fsp3) is 0.308. The monoisotopic (exact) mass is 244 g/mol. The van der Waals surface area contributed by atoms with Crippen LogP contribution in [0.3, 0.4) is 0 Å². The van der Waals surface area contributed by atoms with Crippen molar-refractivity contribution in [2.75, 3.05) is 11.9 Å². The molecule has 1 aromatic rings. The zero-order valence-corrected chi connectivity index (χ0v) is 9.95. The van der Waals surface area contributed by atoms with Crippen molar-refractivity contribution in [1.29, 1.82) is 0 Å². The normalized spacial score (nSPS) is 17.3. The summed E-state index contributed by atoms with van der Waals surface area (Å²) in [4.78, 5) is 36.0. The van der Waals surface area contributed by atoms with Crippen LogP contribution in [0.5, 0.6) is 0 Å². The van der Waals surface area contributed by atoms with Crippen LogP contribution in [0.25, 0.3) is 0 Å². The van der Waals surface area contributed by atoms with E-state index < -0.39 is 11.7 Å². The molecule has 18 heavy (non-hydrogen) atoms. The molecular weight excluding hydrogens is 232 g/mol. The lowest BCUT2D eigenvalue weighted by Gasteiger charge is -2.29. The van der Waals surface area contributed by atoms with E-state index in [1.54, 1.807) is 17.9 Å². The molecule has 5 heteroatoms. The van der Waals surface area contributed by atoms with Gasteiger partial charge in [-0.15, -0.1) is 0 Å². The molecule has 3 rings (SSSR count). The van der Waals surface area contributed by atoms with Gasteiger partial charge >= 0.3 is 0 Å². The molecule has 2 aliphatic rings. The third-order valence-electron chi connectivity index (χ3n) is 3.54. The second-order valence-corrected chi connectivity index (χ2v) is 4.60. The van der Waals surface area contributed by atoms with Crippen molar-refractivity contribution in [1.82, 2.24) is 4.90 Å². The molecule has 1 N–H and O–H groups in total. The number of amides is 2. The highest BCUT2D eigenvalue weighted by Crippen LogP contribution is 2.33. The first-order valence-electron chi connectivity index (χ1n) is 5.84. The van der Waals surface area contributed by atoms with E-state index in [-0.39, 0.29) is 5.91 Å².